The average molecular weight is 445 g/mol. The van der Waals surface area contributed by atoms with Crippen molar-refractivity contribution in [1.29, 1.82) is 0 Å². The van der Waals surface area contributed by atoms with E-state index in [1.807, 2.05) is 0 Å². The van der Waals surface area contributed by atoms with Gasteiger partial charge in [0.1, 0.15) is 5.75 Å². The summed E-state index contributed by atoms with van der Waals surface area (Å²) in [7, 11) is 0. The fourth-order valence-electron chi connectivity index (χ4n) is 2.27. The van der Waals surface area contributed by atoms with Crippen molar-refractivity contribution in [3.8, 4) is 5.75 Å². The molecule has 0 atom stereocenters. The van der Waals surface area contributed by atoms with E-state index in [0.29, 0.717) is 0 Å². The second-order valence-corrected chi connectivity index (χ2v) is 8.49. The van der Waals surface area contributed by atoms with Crippen molar-refractivity contribution in [3.05, 3.63) is 61.7 Å². The standard InChI is InChI=1S/C20H26IO.ClH/c1-2-3-4-5-6-10-17-22-20-15-13-19(14-16-20)21-18-11-8-7-9-12-18;/h7-9,11-16H,2-6,10,17H2,1H3;1H/q+1;/p-1. The van der Waals surface area contributed by atoms with Crippen LogP contribution in [0.25, 0.3) is 0 Å². The van der Waals surface area contributed by atoms with Gasteiger partial charge < -0.3 is 17.1 Å². The summed E-state index contributed by atoms with van der Waals surface area (Å²) in [6, 6.07) is 19.4. The largest absolute Gasteiger partial charge is 1.00 e. The first kappa shape index (κ1) is 20.3. The van der Waals surface area contributed by atoms with Crippen molar-refractivity contribution in [1.82, 2.24) is 0 Å². The molecule has 0 bridgehead atoms. The molecule has 3 heteroatoms. The number of ether oxygens (including phenoxy) is 1. The fourth-order valence-corrected chi connectivity index (χ4v) is 4.48. The van der Waals surface area contributed by atoms with E-state index in [-0.39, 0.29) is 33.6 Å². The van der Waals surface area contributed by atoms with Crippen LogP contribution in [-0.2, 0) is 0 Å². The molecule has 0 radical (unpaired) electrons. The van der Waals surface area contributed by atoms with Gasteiger partial charge in [0.05, 0.1) is 6.61 Å². The Morgan fingerprint density at radius 2 is 1.35 bits per heavy atom. The maximum atomic E-state index is 5.83. The normalized spacial score (nSPS) is 10.1. The van der Waals surface area contributed by atoms with Gasteiger partial charge in [-0.15, -0.1) is 0 Å². The molecule has 0 aliphatic heterocycles. The summed E-state index contributed by atoms with van der Waals surface area (Å²) in [6.07, 6.45) is 7.85. The Bertz CT molecular complexity index is 513. The van der Waals surface area contributed by atoms with E-state index < -0.39 is 0 Å². The van der Waals surface area contributed by atoms with Crippen LogP contribution in [0.2, 0.25) is 0 Å². The molecule has 0 aliphatic carbocycles. The van der Waals surface area contributed by atoms with Gasteiger partial charge in [-0.05, 0) is 42.8 Å². The van der Waals surface area contributed by atoms with Crippen LogP contribution < -0.4 is 38.3 Å². The molecule has 2 rings (SSSR count). The van der Waals surface area contributed by atoms with Crippen molar-refractivity contribution in [3.63, 3.8) is 0 Å². The van der Waals surface area contributed by atoms with Gasteiger partial charge in [0.25, 0.3) is 0 Å². The molecule has 1 nitrogen and oxygen atoms in total. The van der Waals surface area contributed by atoms with Gasteiger partial charge >= 0.3 is 21.2 Å². The third-order valence-corrected chi connectivity index (χ3v) is 6.22. The van der Waals surface area contributed by atoms with E-state index in [4.69, 9.17) is 4.74 Å². The highest BCUT2D eigenvalue weighted by molar-refractivity contribution is 5.20. The summed E-state index contributed by atoms with van der Waals surface area (Å²) in [4.78, 5) is 0. The predicted octanol–water partition coefficient (Wildman–Crippen LogP) is -0.442. The molecule has 0 fully saturated rings. The molecule has 0 unspecified atom stereocenters. The lowest BCUT2D eigenvalue weighted by Gasteiger charge is -2.05. The van der Waals surface area contributed by atoms with Gasteiger partial charge in [-0.3, -0.25) is 0 Å². The zero-order chi connectivity index (χ0) is 15.5. The number of hydrogen-bond acceptors (Lipinski definition) is 1. The highest BCUT2D eigenvalue weighted by atomic mass is 127. The van der Waals surface area contributed by atoms with Crippen LogP contribution in [0.5, 0.6) is 5.75 Å². The molecule has 0 aliphatic rings. The van der Waals surface area contributed by atoms with Crippen molar-refractivity contribution in [2.45, 2.75) is 45.4 Å². The van der Waals surface area contributed by atoms with Gasteiger partial charge in [-0.1, -0.05) is 57.2 Å². The second-order valence-electron chi connectivity index (χ2n) is 5.46. The SMILES string of the molecule is CCCCCCCCOc1ccc([I+]c2ccccc2)cc1.[Cl-]. The Morgan fingerprint density at radius 3 is 2.04 bits per heavy atom. The molecule has 0 saturated carbocycles. The topological polar surface area (TPSA) is 9.23 Å². The quantitative estimate of drug-likeness (QED) is 0.357. The van der Waals surface area contributed by atoms with E-state index in [1.165, 1.54) is 45.7 Å². The van der Waals surface area contributed by atoms with E-state index >= 15 is 0 Å². The molecule has 0 aromatic heterocycles. The molecule has 0 amide bonds. The molecule has 0 heterocycles. The summed E-state index contributed by atoms with van der Waals surface area (Å²) < 4.78 is 8.73. The molecule has 0 spiro atoms. The van der Waals surface area contributed by atoms with Crippen LogP contribution in [0.1, 0.15) is 45.4 Å². The highest BCUT2D eigenvalue weighted by Gasteiger charge is 2.14. The van der Waals surface area contributed by atoms with Crippen LogP contribution in [-0.4, -0.2) is 6.61 Å². The molecular formula is C20H26ClIO. The van der Waals surface area contributed by atoms with Gasteiger partial charge in [-0.2, -0.15) is 0 Å². The zero-order valence-corrected chi connectivity index (χ0v) is 16.7. The lowest BCUT2D eigenvalue weighted by Crippen LogP contribution is -3.61. The number of benzene rings is 2. The first-order valence-electron chi connectivity index (χ1n) is 8.31. The lowest BCUT2D eigenvalue weighted by molar-refractivity contribution is -0.597. The molecule has 2 aromatic rings. The van der Waals surface area contributed by atoms with Gasteiger partial charge in [0.15, 0.2) is 7.14 Å². The van der Waals surface area contributed by atoms with Gasteiger partial charge in [0.2, 0.25) is 0 Å². The third-order valence-electron chi connectivity index (χ3n) is 3.53. The Labute approximate surface area is 157 Å². The maximum absolute atomic E-state index is 5.83. The Balaban J connectivity index is 0.00000264. The minimum atomic E-state index is -0.0655. The average Bonchev–Trinajstić information content (AvgIpc) is 2.56. The predicted molar refractivity (Wildman–Crippen MR) is 89.1 cm³/mol. The van der Waals surface area contributed by atoms with Crippen molar-refractivity contribution >= 4 is 0 Å². The van der Waals surface area contributed by atoms with Crippen molar-refractivity contribution in [2.24, 2.45) is 0 Å². The number of hydrogen-bond donors (Lipinski definition) is 0. The smallest absolute Gasteiger partial charge is 0.357 e. The number of unbranched alkanes of at least 4 members (excludes halogenated alkanes) is 5. The highest BCUT2D eigenvalue weighted by Crippen LogP contribution is 2.10. The summed E-state index contributed by atoms with van der Waals surface area (Å²) in [5.74, 6) is 1.01. The van der Waals surface area contributed by atoms with Crippen molar-refractivity contribution < 1.29 is 38.3 Å². The molecular weight excluding hydrogens is 419 g/mol. The molecule has 126 valence electrons. The lowest BCUT2D eigenvalue weighted by atomic mass is 10.1. The van der Waals surface area contributed by atoms with E-state index in [9.17, 15) is 0 Å². The zero-order valence-electron chi connectivity index (χ0n) is 13.8. The number of halogens is 2. The number of rotatable bonds is 10. The summed E-state index contributed by atoms with van der Waals surface area (Å²) in [6.45, 7) is 3.10. The second kappa shape index (κ2) is 12.7. The molecule has 0 N–H and O–H groups in total. The van der Waals surface area contributed by atoms with Crippen LogP contribution in [0.3, 0.4) is 0 Å². The summed E-state index contributed by atoms with van der Waals surface area (Å²) in [5, 5.41) is 0. The Kier molecular flexibility index (Phi) is 11.2. The third kappa shape index (κ3) is 8.61. The van der Waals surface area contributed by atoms with Crippen LogP contribution in [0, 0.1) is 7.14 Å². The fraction of sp³-hybridized carbons (Fsp3) is 0.400. The van der Waals surface area contributed by atoms with E-state index in [1.54, 1.807) is 0 Å². The van der Waals surface area contributed by atoms with Crippen LogP contribution in [0.15, 0.2) is 54.6 Å². The van der Waals surface area contributed by atoms with Gasteiger partial charge in [0, 0.05) is 0 Å². The molecule has 0 saturated heterocycles. The minimum Gasteiger partial charge on any atom is -1.00 e. The van der Waals surface area contributed by atoms with E-state index in [0.717, 1.165) is 12.4 Å². The minimum absolute atomic E-state index is 0. The maximum Gasteiger partial charge on any atom is 0.357 e. The monoisotopic (exact) mass is 444 g/mol. The first-order chi connectivity index (χ1) is 10.9. The van der Waals surface area contributed by atoms with E-state index in [2.05, 4.69) is 61.5 Å². The first-order valence-corrected chi connectivity index (χ1v) is 10.5. The molecule has 23 heavy (non-hydrogen) atoms. The Morgan fingerprint density at radius 1 is 0.739 bits per heavy atom. The van der Waals surface area contributed by atoms with Crippen LogP contribution >= 0.6 is 0 Å². The van der Waals surface area contributed by atoms with Gasteiger partial charge in [-0.25, -0.2) is 0 Å². The van der Waals surface area contributed by atoms with Crippen LogP contribution in [0.4, 0.5) is 0 Å². The summed E-state index contributed by atoms with van der Waals surface area (Å²) >= 11 is -0.0655. The molecule has 2 aromatic carbocycles. The van der Waals surface area contributed by atoms with Crippen molar-refractivity contribution in [2.75, 3.05) is 6.61 Å². The Hall–Kier alpha value is -0.740. The summed E-state index contributed by atoms with van der Waals surface area (Å²) in [5.41, 5.74) is 0.